The normalized spacial score (nSPS) is 30.5. The molecular formula is C60H109NO18. The standard InChI is InChI=1S/C60H109NO18/c1-3-5-7-9-11-13-14-15-16-17-18-19-20-21-22-23-24-25-26-27-28-30-32-34-36-38-48(66)61-43(44(65)37-35-33-31-29-12-10-8-6-4-2)42-74-58-54(72)51(69)56(46(40-63)76-58)79-60-55(73)52(70)57(47(41-64)77-60)78-59-53(71)50(68)49(67)45(39-62)75-59/h14-15,17-18,20-21,43-47,49-60,62-65,67-73H,3-13,16,19,22-42H2,1-2H3,(H,61,66)/b15-14-,18-17-,21-20-. The van der Waals surface area contributed by atoms with Crippen LogP contribution in [0.1, 0.15) is 206 Å². The van der Waals surface area contributed by atoms with Crippen LogP contribution in [0.2, 0.25) is 0 Å². The van der Waals surface area contributed by atoms with Gasteiger partial charge in [0.2, 0.25) is 5.91 Å². The topological polar surface area (TPSA) is 307 Å². The Morgan fingerprint density at radius 3 is 1.30 bits per heavy atom. The summed E-state index contributed by atoms with van der Waals surface area (Å²) in [6, 6.07) is -0.887. The van der Waals surface area contributed by atoms with Crippen LogP contribution in [0.5, 0.6) is 0 Å². The number of hydrogen-bond donors (Lipinski definition) is 12. The van der Waals surface area contributed by atoms with E-state index in [-0.39, 0.29) is 18.9 Å². The summed E-state index contributed by atoms with van der Waals surface area (Å²) < 4.78 is 34.2. The van der Waals surface area contributed by atoms with Crippen LogP contribution in [0.25, 0.3) is 0 Å². The van der Waals surface area contributed by atoms with Crippen molar-refractivity contribution in [1.82, 2.24) is 5.32 Å². The second-order valence-electron chi connectivity index (χ2n) is 22.2. The number of ether oxygens (including phenoxy) is 6. The molecule has 0 aromatic rings. The highest BCUT2D eigenvalue weighted by atomic mass is 16.8. The first-order valence-electron chi connectivity index (χ1n) is 30.7. The zero-order valence-electron chi connectivity index (χ0n) is 48.1. The van der Waals surface area contributed by atoms with Crippen LogP contribution in [0, 0.1) is 0 Å². The summed E-state index contributed by atoms with van der Waals surface area (Å²) in [6.07, 6.45) is 19.7. The van der Waals surface area contributed by atoms with Crippen LogP contribution in [-0.2, 0) is 33.2 Å². The third kappa shape index (κ3) is 27.5. The van der Waals surface area contributed by atoms with Crippen LogP contribution in [0.15, 0.2) is 36.5 Å². The third-order valence-electron chi connectivity index (χ3n) is 15.5. The Hall–Kier alpha value is -1.99. The van der Waals surface area contributed by atoms with Crippen molar-refractivity contribution in [3.8, 4) is 0 Å². The van der Waals surface area contributed by atoms with Crippen LogP contribution in [-0.4, -0.2) is 193 Å². The van der Waals surface area contributed by atoms with Gasteiger partial charge in [-0.2, -0.15) is 0 Å². The fraction of sp³-hybridized carbons (Fsp3) is 0.883. The van der Waals surface area contributed by atoms with Crippen molar-refractivity contribution >= 4 is 5.91 Å². The fourth-order valence-electron chi connectivity index (χ4n) is 10.4. The van der Waals surface area contributed by atoms with Crippen molar-refractivity contribution < 1.29 is 89.4 Å². The van der Waals surface area contributed by atoms with Gasteiger partial charge in [-0.3, -0.25) is 4.79 Å². The van der Waals surface area contributed by atoms with Gasteiger partial charge in [-0.15, -0.1) is 0 Å². The molecule has 0 bridgehead atoms. The number of carbonyl (C=O) groups is 1. The minimum absolute atomic E-state index is 0.250. The zero-order chi connectivity index (χ0) is 57.6. The molecule has 17 atom stereocenters. The monoisotopic (exact) mass is 1130 g/mol. The van der Waals surface area contributed by atoms with Gasteiger partial charge >= 0.3 is 0 Å². The maximum atomic E-state index is 13.3. The lowest BCUT2D eigenvalue weighted by molar-refractivity contribution is -0.379. The highest BCUT2D eigenvalue weighted by molar-refractivity contribution is 5.76. The molecule has 12 N–H and O–H groups in total. The molecule has 0 spiro atoms. The van der Waals surface area contributed by atoms with E-state index in [0.29, 0.717) is 12.8 Å². The molecule has 3 aliphatic rings. The van der Waals surface area contributed by atoms with Crippen LogP contribution < -0.4 is 5.32 Å². The Morgan fingerprint density at radius 1 is 0.456 bits per heavy atom. The molecule has 0 aliphatic carbocycles. The number of hydrogen-bond acceptors (Lipinski definition) is 18. The number of amides is 1. The minimum atomic E-state index is -1.97. The summed E-state index contributed by atoms with van der Waals surface area (Å²) in [4.78, 5) is 13.3. The minimum Gasteiger partial charge on any atom is -0.394 e. The first-order chi connectivity index (χ1) is 38.3. The number of rotatable bonds is 45. The summed E-state index contributed by atoms with van der Waals surface area (Å²) in [7, 11) is 0. The van der Waals surface area contributed by atoms with Crippen molar-refractivity contribution in [1.29, 1.82) is 0 Å². The molecule has 0 saturated carbocycles. The molecule has 3 saturated heterocycles. The van der Waals surface area contributed by atoms with Crippen LogP contribution in [0.4, 0.5) is 0 Å². The molecule has 462 valence electrons. The van der Waals surface area contributed by atoms with Gasteiger partial charge in [0, 0.05) is 6.42 Å². The number of unbranched alkanes of at least 4 members (excludes halogenated alkanes) is 23. The lowest BCUT2D eigenvalue weighted by Crippen LogP contribution is -2.66. The first kappa shape index (κ1) is 71.3. The van der Waals surface area contributed by atoms with E-state index in [9.17, 15) is 61.0 Å². The van der Waals surface area contributed by atoms with E-state index in [1.807, 2.05) is 0 Å². The predicted molar refractivity (Wildman–Crippen MR) is 300 cm³/mol. The second kappa shape index (κ2) is 43.6. The first-order valence-corrected chi connectivity index (χ1v) is 30.7. The Bertz CT molecular complexity index is 1590. The molecule has 17 unspecified atom stereocenters. The van der Waals surface area contributed by atoms with Gasteiger partial charge < -0.3 is 89.9 Å². The van der Waals surface area contributed by atoms with Crippen molar-refractivity contribution in [3.63, 3.8) is 0 Å². The molecule has 19 nitrogen and oxygen atoms in total. The summed E-state index contributed by atoms with van der Waals surface area (Å²) in [6.45, 7) is 1.73. The SMILES string of the molecule is CCCCCCC/C=C\C/C=C\C/C=C\CCCCCCCCCCCCC(=O)NC(COC1OC(CO)C(OC2OC(CO)C(OC3OC(CO)C(O)C(O)C3O)C(O)C2O)C(O)C1O)C(O)CCCCCCCCCCC. The highest BCUT2D eigenvalue weighted by Crippen LogP contribution is 2.33. The number of carbonyl (C=O) groups excluding carboxylic acids is 1. The molecule has 3 rings (SSSR count). The maximum Gasteiger partial charge on any atom is 0.220 e. The quantitative estimate of drug-likeness (QED) is 0.0257. The molecule has 3 fully saturated rings. The summed E-state index contributed by atoms with van der Waals surface area (Å²) in [5.74, 6) is -0.250. The molecule has 0 aromatic carbocycles. The van der Waals surface area contributed by atoms with Gasteiger partial charge in [0.25, 0.3) is 0 Å². The van der Waals surface area contributed by atoms with Crippen molar-refractivity contribution in [2.45, 2.75) is 311 Å². The van der Waals surface area contributed by atoms with Gasteiger partial charge in [-0.25, -0.2) is 0 Å². The Morgan fingerprint density at radius 2 is 0.835 bits per heavy atom. The van der Waals surface area contributed by atoms with E-state index >= 15 is 0 Å². The number of nitrogens with one attached hydrogen (secondary N) is 1. The van der Waals surface area contributed by atoms with E-state index in [1.54, 1.807) is 0 Å². The summed E-state index contributed by atoms with van der Waals surface area (Å²) in [5, 5.41) is 120. The molecule has 3 aliphatic heterocycles. The van der Waals surface area contributed by atoms with E-state index in [0.717, 1.165) is 64.2 Å². The third-order valence-corrected chi connectivity index (χ3v) is 15.5. The Balaban J connectivity index is 1.42. The molecule has 79 heavy (non-hydrogen) atoms. The number of aliphatic hydroxyl groups excluding tert-OH is 11. The lowest BCUT2D eigenvalue weighted by atomic mass is 9.96. The van der Waals surface area contributed by atoms with Crippen LogP contribution in [0.3, 0.4) is 0 Å². The smallest absolute Gasteiger partial charge is 0.220 e. The molecule has 19 heteroatoms. The van der Waals surface area contributed by atoms with Gasteiger partial charge in [0.05, 0.1) is 38.6 Å². The van der Waals surface area contributed by atoms with Crippen molar-refractivity contribution in [3.05, 3.63) is 36.5 Å². The molecule has 3 heterocycles. The summed E-state index contributed by atoms with van der Waals surface area (Å²) >= 11 is 0. The number of aliphatic hydroxyl groups is 11. The van der Waals surface area contributed by atoms with Crippen LogP contribution >= 0.6 is 0 Å². The van der Waals surface area contributed by atoms with Gasteiger partial charge in [0.1, 0.15) is 73.2 Å². The fourth-order valence-corrected chi connectivity index (χ4v) is 10.4. The van der Waals surface area contributed by atoms with E-state index in [4.69, 9.17) is 28.4 Å². The maximum absolute atomic E-state index is 13.3. The Kier molecular flexibility index (Phi) is 39.4. The average Bonchev–Trinajstić information content (AvgIpc) is 3.47. The lowest BCUT2D eigenvalue weighted by Gasteiger charge is -2.48. The molecular weight excluding hydrogens is 1020 g/mol. The molecule has 1 amide bonds. The highest BCUT2D eigenvalue weighted by Gasteiger charge is 2.53. The van der Waals surface area contributed by atoms with Crippen molar-refractivity contribution in [2.75, 3.05) is 26.4 Å². The Labute approximate surface area is 472 Å². The van der Waals surface area contributed by atoms with Gasteiger partial charge in [-0.1, -0.05) is 185 Å². The molecule has 0 aromatic heterocycles. The van der Waals surface area contributed by atoms with Gasteiger partial charge in [0.15, 0.2) is 18.9 Å². The second-order valence-corrected chi connectivity index (χ2v) is 22.2. The predicted octanol–water partition coefficient (Wildman–Crippen LogP) is 5.71. The summed E-state index contributed by atoms with van der Waals surface area (Å²) in [5.41, 5.74) is 0. The zero-order valence-corrected chi connectivity index (χ0v) is 48.1. The average molecular weight is 1130 g/mol. The number of allylic oxidation sites excluding steroid dienone is 6. The van der Waals surface area contributed by atoms with Gasteiger partial charge in [-0.05, 0) is 51.4 Å². The largest absolute Gasteiger partial charge is 0.394 e. The van der Waals surface area contributed by atoms with E-state index in [2.05, 4.69) is 55.6 Å². The van der Waals surface area contributed by atoms with Crippen molar-refractivity contribution in [2.24, 2.45) is 0 Å². The van der Waals surface area contributed by atoms with E-state index < -0.39 is 124 Å². The van der Waals surface area contributed by atoms with E-state index in [1.165, 1.54) is 109 Å². The molecule has 0 radical (unpaired) electrons.